The molecular weight excluding hydrogens is 629 g/mol. The van der Waals surface area contributed by atoms with Gasteiger partial charge in [0.05, 0.1) is 24.3 Å². The Kier molecular flexibility index (Phi) is 12.9. The second-order valence-electron chi connectivity index (χ2n) is 12.7. The molecule has 1 heterocycles. The molecule has 2 aromatic rings. The van der Waals surface area contributed by atoms with E-state index in [0.717, 1.165) is 54.4 Å². The number of ether oxygens (including phenoxy) is 1. The predicted molar refractivity (Wildman–Crippen MR) is 174 cm³/mol. The molecule has 0 aromatic heterocycles. The molecule has 0 bridgehead atoms. The van der Waals surface area contributed by atoms with Crippen LogP contribution in [0.4, 0.5) is 13.2 Å². The Bertz CT molecular complexity index is 1460. The third kappa shape index (κ3) is 10.1. The van der Waals surface area contributed by atoms with E-state index in [-0.39, 0.29) is 25.0 Å². The monoisotopic (exact) mass is 674 g/mol. The number of aliphatic carboxylic acids is 1. The molecule has 1 saturated carbocycles. The molecular formula is C35H45F3N4O6. The van der Waals surface area contributed by atoms with E-state index >= 15 is 0 Å². The number of hydrogen-bond acceptors (Lipinski definition) is 6. The number of alkyl halides is 3. The summed E-state index contributed by atoms with van der Waals surface area (Å²) in [5.74, 6) is -3.54. The van der Waals surface area contributed by atoms with E-state index in [4.69, 9.17) is 20.4 Å². The smallest absolute Gasteiger partial charge is 0.475 e. The van der Waals surface area contributed by atoms with Crippen LogP contribution in [-0.2, 0) is 30.5 Å². The fourth-order valence-electron chi connectivity index (χ4n) is 5.71. The van der Waals surface area contributed by atoms with Crippen LogP contribution in [0.25, 0.3) is 5.57 Å². The number of aryl methyl sites for hydroxylation is 1. The topological polar surface area (TPSA) is 151 Å². The summed E-state index contributed by atoms with van der Waals surface area (Å²) in [6.07, 6.45) is -0.234. The van der Waals surface area contributed by atoms with Crippen molar-refractivity contribution < 1.29 is 42.2 Å². The van der Waals surface area contributed by atoms with Crippen molar-refractivity contribution in [2.45, 2.75) is 89.7 Å². The number of carboxylic acid groups (broad SMARTS) is 1. The number of amides is 3. The van der Waals surface area contributed by atoms with Gasteiger partial charge in [-0.25, -0.2) is 4.79 Å². The van der Waals surface area contributed by atoms with Crippen LogP contribution in [-0.4, -0.2) is 76.7 Å². The third-order valence-electron chi connectivity index (χ3n) is 8.38. The minimum absolute atomic E-state index is 0.00175. The maximum atomic E-state index is 14.1. The lowest BCUT2D eigenvalue weighted by Gasteiger charge is -2.38. The number of hydrogen-bond donors (Lipinski definition) is 4. The molecule has 1 atom stereocenters. The molecule has 0 saturated heterocycles. The van der Waals surface area contributed by atoms with Crippen LogP contribution in [0.5, 0.6) is 0 Å². The zero-order valence-corrected chi connectivity index (χ0v) is 27.8. The second-order valence-corrected chi connectivity index (χ2v) is 12.7. The Morgan fingerprint density at radius 1 is 1.04 bits per heavy atom. The lowest BCUT2D eigenvalue weighted by molar-refractivity contribution is -0.192. The van der Waals surface area contributed by atoms with Gasteiger partial charge in [-0.3, -0.25) is 14.4 Å². The molecule has 2 aliphatic rings. The zero-order valence-electron chi connectivity index (χ0n) is 27.8. The van der Waals surface area contributed by atoms with Crippen LogP contribution < -0.4 is 16.4 Å². The molecule has 262 valence electrons. The van der Waals surface area contributed by atoms with E-state index in [0.29, 0.717) is 18.7 Å². The maximum absolute atomic E-state index is 14.1. The molecule has 13 heteroatoms. The highest BCUT2D eigenvalue weighted by Gasteiger charge is 2.46. The lowest BCUT2D eigenvalue weighted by Crippen LogP contribution is -2.58. The van der Waals surface area contributed by atoms with Gasteiger partial charge in [0.2, 0.25) is 11.8 Å². The Morgan fingerprint density at radius 3 is 2.15 bits per heavy atom. The molecule has 2 aromatic carbocycles. The fourth-order valence-corrected chi connectivity index (χ4v) is 5.71. The number of carbonyl (C=O) groups is 4. The summed E-state index contributed by atoms with van der Waals surface area (Å²) < 4.78 is 37.7. The molecule has 1 spiro atoms. The largest absolute Gasteiger partial charge is 0.490 e. The highest BCUT2D eigenvalue weighted by atomic mass is 19.4. The molecule has 4 rings (SSSR count). The summed E-state index contributed by atoms with van der Waals surface area (Å²) in [5, 5.41) is 13.3. The molecule has 10 nitrogen and oxygen atoms in total. The van der Waals surface area contributed by atoms with Crippen molar-refractivity contribution in [1.29, 1.82) is 0 Å². The summed E-state index contributed by atoms with van der Waals surface area (Å²) in [6.45, 7) is 8.14. The van der Waals surface area contributed by atoms with E-state index in [1.165, 1.54) is 0 Å². The van der Waals surface area contributed by atoms with Gasteiger partial charge in [0, 0.05) is 18.7 Å². The average Bonchev–Trinajstić information content (AvgIpc) is 3.28. The van der Waals surface area contributed by atoms with Crippen molar-refractivity contribution in [2.75, 3.05) is 19.7 Å². The molecule has 5 N–H and O–H groups in total. The van der Waals surface area contributed by atoms with E-state index < -0.39 is 35.2 Å². The number of benzene rings is 2. The normalized spacial score (nSPS) is 16.5. The van der Waals surface area contributed by atoms with Gasteiger partial charge in [-0.2, -0.15) is 13.2 Å². The minimum atomic E-state index is -5.08. The van der Waals surface area contributed by atoms with Gasteiger partial charge in [-0.05, 0) is 57.2 Å². The van der Waals surface area contributed by atoms with Crippen molar-refractivity contribution >= 4 is 29.3 Å². The first-order valence-corrected chi connectivity index (χ1v) is 15.9. The predicted octanol–water partition coefficient (Wildman–Crippen LogP) is 4.50. The Balaban J connectivity index is 0.000000804. The molecule has 0 unspecified atom stereocenters. The van der Waals surface area contributed by atoms with E-state index in [1.54, 1.807) is 18.7 Å². The van der Waals surface area contributed by atoms with Crippen molar-refractivity contribution in [3.05, 3.63) is 76.9 Å². The summed E-state index contributed by atoms with van der Waals surface area (Å²) >= 11 is 0. The number of halogens is 3. The Morgan fingerprint density at radius 2 is 1.62 bits per heavy atom. The Hall–Kier alpha value is -4.23. The second kappa shape index (κ2) is 16.2. The average molecular weight is 675 g/mol. The van der Waals surface area contributed by atoms with Gasteiger partial charge in [0.25, 0.3) is 5.91 Å². The third-order valence-corrected chi connectivity index (χ3v) is 8.38. The lowest BCUT2D eigenvalue weighted by atomic mass is 9.76. The molecule has 1 fully saturated rings. The maximum Gasteiger partial charge on any atom is 0.490 e. The SMILES string of the molecule is CCN(CC1=C(c2ccc(C)cc2)C(=O)NC12CCCCC2)C(=O)[C@@H](COCc1ccccc1)NC(=O)C(C)(C)N.O=C(O)C(F)(F)F. The van der Waals surface area contributed by atoms with Gasteiger partial charge in [0.1, 0.15) is 6.04 Å². The Labute approximate surface area is 278 Å². The van der Waals surface area contributed by atoms with E-state index in [9.17, 15) is 27.6 Å². The number of nitrogens with two attached hydrogens (primary N) is 1. The van der Waals surface area contributed by atoms with Crippen LogP contribution in [0.15, 0.2) is 60.2 Å². The molecule has 3 amide bonds. The highest BCUT2D eigenvalue weighted by Crippen LogP contribution is 2.43. The summed E-state index contributed by atoms with van der Waals surface area (Å²) in [6, 6.07) is 16.7. The number of carboxylic acids is 1. The van der Waals surface area contributed by atoms with Crippen molar-refractivity contribution in [3.8, 4) is 0 Å². The van der Waals surface area contributed by atoms with E-state index in [1.807, 2.05) is 68.4 Å². The summed E-state index contributed by atoms with van der Waals surface area (Å²) in [4.78, 5) is 51.1. The van der Waals surface area contributed by atoms with Gasteiger partial charge >= 0.3 is 12.1 Å². The van der Waals surface area contributed by atoms with Crippen molar-refractivity contribution in [2.24, 2.45) is 5.73 Å². The van der Waals surface area contributed by atoms with Gasteiger partial charge in [-0.1, -0.05) is 79.4 Å². The summed E-state index contributed by atoms with van der Waals surface area (Å²) in [5.41, 5.74) is 8.98. The first-order chi connectivity index (χ1) is 22.5. The number of rotatable bonds is 11. The van der Waals surface area contributed by atoms with Crippen LogP contribution in [0, 0.1) is 6.92 Å². The highest BCUT2D eigenvalue weighted by molar-refractivity contribution is 6.24. The summed E-state index contributed by atoms with van der Waals surface area (Å²) in [7, 11) is 0. The molecule has 0 radical (unpaired) electrons. The number of nitrogens with one attached hydrogen (secondary N) is 2. The van der Waals surface area contributed by atoms with Gasteiger partial charge in [-0.15, -0.1) is 0 Å². The number of nitrogens with zero attached hydrogens (tertiary/aromatic N) is 1. The standard InChI is InChI=1S/C33H44N4O4.C2HF3O2/c1-5-37(30(39)27(35-31(40)32(3,4)34)22-41-21-24-12-8-6-9-13-24)20-26-28(25-16-14-23(2)15-17-25)29(38)36-33(26)18-10-7-11-19-33;3-2(4,5)1(6)7/h6,8-9,12-17,27H,5,7,10-11,18-22,34H2,1-4H3,(H,35,40)(H,36,38);(H,6,7)/t27-;/m1./s1. The first-order valence-electron chi connectivity index (χ1n) is 15.9. The quantitative estimate of drug-likeness (QED) is 0.274. The van der Waals surface area contributed by atoms with Crippen LogP contribution >= 0.6 is 0 Å². The van der Waals surface area contributed by atoms with Crippen LogP contribution in [0.1, 0.15) is 69.6 Å². The zero-order chi connectivity index (χ0) is 35.7. The number of likely N-dealkylation sites (N-methyl/N-ethyl adjacent to an activating group) is 1. The molecule has 1 aliphatic heterocycles. The fraction of sp³-hybridized carbons (Fsp3) is 0.486. The molecule has 1 aliphatic carbocycles. The van der Waals surface area contributed by atoms with Crippen molar-refractivity contribution in [3.63, 3.8) is 0 Å². The minimum Gasteiger partial charge on any atom is -0.475 e. The first kappa shape index (κ1) is 38.2. The van der Waals surface area contributed by atoms with Crippen molar-refractivity contribution in [1.82, 2.24) is 15.5 Å². The van der Waals surface area contributed by atoms with Crippen LogP contribution in [0.2, 0.25) is 0 Å². The number of carbonyl (C=O) groups excluding carboxylic acids is 3. The van der Waals surface area contributed by atoms with Gasteiger partial charge < -0.3 is 31.1 Å². The van der Waals surface area contributed by atoms with E-state index in [2.05, 4.69) is 10.6 Å². The van der Waals surface area contributed by atoms with Gasteiger partial charge in [0.15, 0.2) is 0 Å². The van der Waals surface area contributed by atoms with Crippen LogP contribution in [0.3, 0.4) is 0 Å². The molecule has 48 heavy (non-hydrogen) atoms.